The Bertz CT molecular complexity index is 472. The van der Waals surface area contributed by atoms with Crippen molar-refractivity contribution in [3.63, 3.8) is 0 Å². The first-order valence-electron chi connectivity index (χ1n) is 5.16. The average molecular weight is 203 g/mol. The molecular formula is C11H13N3O. The number of aromatic amines is 1. The summed E-state index contributed by atoms with van der Waals surface area (Å²) in [5.74, 6) is 1.88. The Morgan fingerprint density at radius 2 is 2.40 bits per heavy atom. The van der Waals surface area contributed by atoms with E-state index in [0.29, 0.717) is 0 Å². The molecule has 0 aliphatic carbocycles. The van der Waals surface area contributed by atoms with Crippen LogP contribution in [0.2, 0.25) is 0 Å². The van der Waals surface area contributed by atoms with Crippen molar-refractivity contribution in [1.29, 1.82) is 0 Å². The standard InChI is InChI=1S/C11H13N3O/c1-7-2-3-9(15-7)11-10-8(4-5-12-11)13-6-14-10/h2-3,6,11-12H,4-5H2,1H3,(H,13,14). The Balaban J connectivity index is 2.02. The van der Waals surface area contributed by atoms with Crippen LogP contribution in [0.5, 0.6) is 0 Å². The Morgan fingerprint density at radius 1 is 1.47 bits per heavy atom. The molecular weight excluding hydrogens is 190 g/mol. The summed E-state index contributed by atoms with van der Waals surface area (Å²) in [6.07, 6.45) is 2.76. The van der Waals surface area contributed by atoms with Crippen LogP contribution in [0.15, 0.2) is 22.9 Å². The van der Waals surface area contributed by atoms with E-state index in [4.69, 9.17) is 4.42 Å². The molecule has 0 amide bonds. The van der Waals surface area contributed by atoms with Gasteiger partial charge in [-0.1, -0.05) is 0 Å². The lowest BCUT2D eigenvalue weighted by molar-refractivity contribution is 0.416. The maximum atomic E-state index is 5.63. The summed E-state index contributed by atoms with van der Waals surface area (Å²) in [5.41, 5.74) is 2.28. The number of H-pyrrole nitrogens is 1. The third-order valence-electron chi connectivity index (χ3n) is 2.79. The van der Waals surface area contributed by atoms with E-state index in [0.717, 1.165) is 30.2 Å². The molecule has 2 N–H and O–H groups in total. The minimum absolute atomic E-state index is 0.105. The minimum Gasteiger partial charge on any atom is -0.464 e. The van der Waals surface area contributed by atoms with Crippen LogP contribution < -0.4 is 5.32 Å². The second-order valence-electron chi connectivity index (χ2n) is 3.85. The van der Waals surface area contributed by atoms with Gasteiger partial charge in [-0.2, -0.15) is 0 Å². The molecule has 0 spiro atoms. The van der Waals surface area contributed by atoms with Crippen molar-refractivity contribution in [2.24, 2.45) is 0 Å². The third kappa shape index (κ3) is 1.37. The molecule has 0 bridgehead atoms. The fourth-order valence-electron chi connectivity index (χ4n) is 2.06. The molecule has 2 aromatic rings. The van der Waals surface area contributed by atoms with Crippen molar-refractivity contribution < 1.29 is 4.42 Å². The Kier molecular flexibility index (Phi) is 1.89. The van der Waals surface area contributed by atoms with Crippen LogP contribution in [-0.4, -0.2) is 16.5 Å². The van der Waals surface area contributed by atoms with Crippen LogP contribution in [0, 0.1) is 6.92 Å². The van der Waals surface area contributed by atoms with Gasteiger partial charge in [0.25, 0.3) is 0 Å². The van der Waals surface area contributed by atoms with Gasteiger partial charge in [-0.3, -0.25) is 0 Å². The van der Waals surface area contributed by atoms with Crippen molar-refractivity contribution >= 4 is 0 Å². The highest BCUT2D eigenvalue weighted by Gasteiger charge is 2.25. The summed E-state index contributed by atoms with van der Waals surface area (Å²) >= 11 is 0. The SMILES string of the molecule is Cc1ccc(C2NCCc3[nH]cnc32)o1. The summed E-state index contributed by atoms with van der Waals surface area (Å²) in [6, 6.07) is 4.10. The van der Waals surface area contributed by atoms with Crippen molar-refractivity contribution in [2.75, 3.05) is 6.54 Å². The van der Waals surface area contributed by atoms with Gasteiger partial charge >= 0.3 is 0 Å². The molecule has 1 aliphatic rings. The molecule has 4 heteroatoms. The first-order chi connectivity index (χ1) is 7.34. The normalized spacial score (nSPS) is 20.2. The first-order valence-corrected chi connectivity index (χ1v) is 5.16. The van der Waals surface area contributed by atoms with Gasteiger partial charge in [0.15, 0.2) is 0 Å². The molecule has 0 saturated heterocycles. The molecule has 2 aromatic heterocycles. The van der Waals surface area contributed by atoms with E-state index in [2.05, 4.69) is 15.3 Å². The highest BCUT2D eigenvalue weighted by Crippen LogP contribution is 2.27. The number of aryl methyl sites for hydroxylation is 1. The number of aromatic nitrogens is 2. The van der Waals surface area contributed by atoms with Crippen LogP contribution in [0.1, 0.15) is 29.0 Å². The van der Waals surface area contributed by atoms with Crippen molar-refractivity contribution in [3.8, 4) is 0 Å². The van der Waals surface area contributed by atoms with Gasteiger partial charge in [-0.15, -0.1) is 0 Å². The molecule has 78 valence electrons. The topological polar surface area (TPSA) is 53.9 Å². The lowest BCUT2D eigenvalue weighted by Crippen LogP contribution is -2.30. The van der Waals surface area contributed by atoms with Crippen LogP contribution >= 0.6 is 0 Å². The van der Waals surface area contributed by atoms with Gasteiger partial charge in [-0.05, 0) is 19.1 Å². The number of nitrogens with one attached hydrogen (secondary N) is 2. The largest absolute Gasteiger partial charge is 0.464 e. The number of imidazole rings is 1. The van der Waals surface area contributed by atoms with Crippen molar-refractivity contribution in [1.82, 2.24) is 15.3 Å². The van der Waals surface area contributed by atoms with Gasteiger partial charge < -0.3 is 14.7 Å². The number of rotatable bonds is 1. The fourth-order valence-corrected chi connectivity index (χ4v) is 2.06. The maximum Gasteiger partial charge on any atom is 0.127 e. The highest BCUT2D eigenvalue weighted by atomic mass is 16.3. The molecule has 3 heterocycles. The maximum absolute atomic E-state index is 5.63. The number of furan rings is 1. The summed E-state index contributed by atoms with van der Waals surface area (Å²) in [7, 11) is 0. The molecule has 1 unspecified atom stereocenters. The van der Waals surface area contributed by atoms with Crippen LogP contribution in [0.3, 0.4) is 0 Å². The van der Waals surface area contributed by atoms with Crippen molar-refractivity contribution in [3.05, 3.63) is 41.4 Å². The molecule has 0 radical (unpaired) electrons. The number of hydrogen-bond donors (Lipinski definition) is 2. The third-order valence-corrected chi connectivity index (χ3v) is 2.79. The van der Waals surface area contributed by atoms with E-state index in [1.165, 1.54) is 5.69 Å². The second-order valence-corrected chi connectivity index (χ2v) is 3.85. The van der Waals surface area contributed by atoms with Crippen LogP contribution in [0.4, 0.5) is 0 Å². The smallest absolute Gasteiger partial charge is 0.127 e. The van der Waals surface area contributed by atoms with Gasteiger partial charge in [0.05, 0.1) is 12.0 Å². The molecule has 3 rings (SSSR count). The minimum atomic E-state index is 0.105. The molecule has 1 atom stereocenters. The predicted octanol–water partition coefficient (Wildman–Crippen LogP) is 1.55. The zero-order valence-electron chi connectivity index (χ0n) is 8.58. The number of fused-ring (bicyclic) bond motifs is 1. The van der Waals surface area contributed by atoms with E-state index in [-0.39, 0.29) is 6.04 Å². The summed E-state index contributed by atoms with van der Waals surface area (Å²) in [6.45, 7) is 2.91. The average Bonchev–Trinajstić information content (AvgIpc) is 2.84. The van der Waals surface area contributed by atoms with E-state index >= 15 is 0 Å². The van der Waals surface area contributed by atoms with E-state index in [9.17, 15) is 0 Å². The number of nitrogens with zero attached hydrogens (tertiary/aromatic N) is 1. The van der Waals surface area contributed by atoms with Crippen LogP contribution in [-0.2, 0) is 6.42 Å². The molecule has 0 aromatic carbocycles. The lowest BCUT2D eigenvalue weighted by atomic mass is 10.0. The number of hydrogen-bond acceptors (Lipinski definition) is 3. The second kappa shape index (κ2) is 3.24. The zero-order chi connectivity index (χ0) is 10.3. The van der Waals surface area contributed by atoms with Gasteiger partial charge in [0, 0.05) is 18.7 Å². The fraction of sp³-hybridized carbons (Fsp3) is 0.364. The van der Waals surface area contributed by atoms with E-state index < -0.39 is 0 Å². The predicted molar refractivity (Wildman–Crippen MR) is 55.6 cm³/mol. The highest BCUT2D eigenvalue weighted by molar-refractivity contribution is 5.27. The Labute approximate surface area is 87.7 Å². The molecule has 1 aliphatic heterocycles. The van der Waals surface area contributed by atoms with Gasteiger partial charge in [0.1, 0.15) is 17.6 Å². The molecule has 15 heavy (non-hydrogen) atoms. The first kappa shape index (κ1) is 8.73. The zero-order valence-corrected chi connectivity index (χ0v) is 8.58. The van der Waals surface area contributed by atoms with Crippen molar-refractivity contribution in [2.45, 2.75) is 19.4 Å². The summed E-state index contributed by atoms with van der Waals surface area (Å²) in [5, 5.41) is 3.41. The summed E-state index contributed by atoms with van der Waals surface area (Å²) < 4.78 is 5.63. The Hall–Kier alpha value is -1.55. The van der Waals surface area contributed by atoms with Gasteiger partial charge in [0.2, 0.25) is 0 Å². The molecule has 0 fully saturated rings. The molecule has 0 saturated carbocycles. The molecule has 4 nitrogen and oxygen atoms in total. The van der Waals surface area contributed by atoms with Crippen LogP contribution in [0.25, 0.3) is 0 Å². The lowest BCUT2D eigenvalue weighted by Gasteiger charge is -2.20. The van der Waals surface area contributed by atoms with E-state index in [1.54, 1.807) is 6.33 Å². The quantitative estimate of drug-likeness (QED) is 0.739. The monoisotopic (exact) mass is 203 g/mol. The Morgan fingerprint density at radius 3 is 3.20 bits per heavy atom. The van der Waals surface area contributed by atoms with E-state index in [1.807, 2.05) is 19.1 Å². The van der Waals surface area contributed by atoms with Gasteiger partial charge in [-0.25, -0.2) is 4.98 Å². The summed E-state index contributed by atoms with van der Waals surface area (Å²) in [4.78, 5) is 7.52.